The van der Waals surface area contributed by atoms with Crippen LogP contribution in [0.25, 0.3) is 0 Å². The van der Waals surface area contributed by atoms with Crippen molar-refractivity contribution in [1.29, 1.82) is 0 Å². The van der Waals surface area contributed by atoms with Gasteiger partial charge in [-0.25, -0.2) is 9.97 Å². The van der Waals surface area contributed by atoms with E-state index in [4.69, 9.17) is 9.84 Å². The first-order valence-corrected chi connectivity index (χ1v) is 5.83. The second kappa shape index (κ2) is 6.90. The van der Waals surface area contributed by atoms with Crippen molar-refractivity contribution in [2.45, 2.75) is 32.3 Å². The number of carboxylic acids is 1. The lowest BCUT2D eigenvalue weighted by atomic mass is 10.1. The Labute approximate surface area is 106 Å². The molecule has 1 atom stereocenters. The molecule has 100 valence electrons. The molecule has 1 aromatic rings. The lowest BCUT2D eigenvalue weighted by Gasteiger charge is -2.14. The topological polar surface area (TPSA) is 84.3 Å². The SMILES string of the molecule is COC(CNc1cc(C(C)C)ncn1)CC(=O)O. The normalized spacial score (nSPS) is 12.4. The quantitative estimate of drug-likeness (QED) is 0.766. The third kappa shape index (κ3) is 4.67. The van der Waals surface area contributed by atoms with E-state index in [1.807, 2.05) is 6.07 Å². The van der Waals surface area contributed by atoms with Gasteiger partial charge in [-0.05, 0) is 5.92 Å². The number of aliphatic carboxylic acids is 1. The van der Waals surface area contributed by atoms with Gasteiger partial charge in [-0.3, -0.25) is 4.79 Å². The number of nitrogens with zero attached hydrogens (tertiary/aromatic N) is 2. The summed E-state index contributed by atoms with van der Waals surface area (Å²) in [5, 5.41) is 11.8. The summed E-state index contributed by atoms with van der Waals surface area (Å²) in [6.07, 6.45) is 1.09. The fourth-order valence-corrected chi connectivity index (χ4v) is 1.44. The van der Waals surface area contributed by atoms with Crippen molar-refractivity contribution in [3.05, 3.63) is 18.1 Å². The Hall–Kier alpha value is -1.69. The van der Waals surface area contributed by atoms with Crippen LogP contribution in [-0.2, 0) is 9.53 Å². The van der Waals surface area contributed by atoms with Gasteiger partial charge in [-0.1, -0.05) is 13.8 Å². The molecular weight excluding hydrogens is 234 g/mol. The van der Waals surface area contributed by atoms with Crippen molar-refractivity contribution < 1.29 is 14.6 Å². The molecular formula is C12H19N3O3. The first-order valence-electron chi connectivity index (χ1n) is 5.83. The Balaban J connectivity index is 2.56. The van der Waals surface area contributed by atoms with Crippen LogP contribution in [0.15, 0.2) is 12.4 Å². The first kappa shape index (κ1) is 14.4. The highest BCUT2D eigenvalue weighted by Crippen LogP contribution is 2.13. The molecule has 0 bridgehead atoms. The van der Waals surface area contributed by atoms with Crippen LogP contribution < -0.4 is 5.32 Å². The minimum Gasteiger partial charge on any atom is -0.481 e. The molecule has 0 aromatic carbocycles. The average molecular weight is 253 g/mol. The molecule has 0 saturated carbocycles. The van der Waals surface area contributed by atoms with Gasteiger partial charge in [0.05, 0.1) is 12.5 Å². The Bertz CT molecular complexity index is 396. The average Bonchev–Trinajstić information content (AvgIpc) is 2.34. The lowest BCUT2D eigenvalue weighted by molar-refractivity contribution is -0.139. The van der Waals surface area contributed by atoms with E-state index in [0.29, 0.717) is 18.3 Å². The monoisotopic (exact) mass is 253 g/mol. The molecule has 1 unspecified atom stereocenters. The molecule has 18 heavy (non-hydrogen) atoms. The van der Waals surface area contributed by atoms with Gasteiger partial charge in [0.15, 0.2) is 0 Å². The third-order valence-corrected chi connectivity index (χ3v) is 2.53. The number of methoxy groups -OCH3 is 1. The van der Waals surface area contributed by atoms with Crippen LogP contribution in [0.4, 0.5) is 5.82 Å². The summed E-state index contributed by atoms with van der Waals surface area (Å²) in [5.74, 6) is 0.126. The third-order valence-electron chi connectivity index (χ3n) is 2.53. The number of hydrogen-bond acceptors (Lipinski definition) is 5. The summed E-state index contributed by atoms with van der Waals surface area (Å²) in [4.78, 5) is 18.8. The Kier molecular flexibility index (Phi) is 5.51. The van der Waals surface area contributed by atoms with Gasteiger partial charge in [0.2, 0.25) is 0 Å². The minimum absolute atomic E-state index is 0.0361. The molecule has 6 nitrogen and oxygen atoms in total. The summed E-state index contributed by atoms with van der Waals surface area (Å²) in [7, 11) is 1.49. The van der Waals surface area contributed by atoms with Crippen molar-refractivity contribution in [2.75, 3.05) is 19.0 Å². The molecule has 0 saturated heterocycles. The zero-order valence-corrected chi connectivity index (χ0v) is 10.9. The lowest BCUT2D eigenvalue weighted by Crippen LogP contribution is -2.25. The molecule has 1 rings (SSSR count). The van der Waals surface area contributed by atoms with Crippen LogP contribution in [0, 0.1) is 0 Å². The minimum atomic E-state index is -0.880. The number of aromatic nitrogens is 2. The van der Waals surface area contributed by atoms with E-state index in [9.17, 15) is 4.79 Å². The van der Waals surface area contributed by atoms with Crippen LogP contribution >= 0.6 is 0 Å². The van der Waals surface area contributed by atoms with Gasteiger partial charge in [-0.15, -0.1) is 0 Å². The molecule has 1 heterocycles. The molecule has 0 spiro atoms. The van der Waals surface area contributed by atoms with Gasteiger partial charge >= 0.3 is 5.97 Å². The number of carboxylic acid groups (broad SMARTS) is 1. The second-order valence-electron chi connectivity index (χ2n) is 4.32. The van der Waals surface area contributed by atoms with Crippen molar-refractivity contribution in [2.24, 2.45) is 0 Å². The molecule has 0 fully saturated rings. The van der Waals surface area contributed by atoms with Crippen LogP contribution in [0.5, 0.6) is 0 Å². The van der Waals surface area contributed by atoms with Crippen molar-refractivity contribution in [3.63, 3.8) is 0 Å². The van der Waals surface area contributed by atoms with E-state index < -0.39 is 5.97 Å². The molecule has 0 aliphatic carbocycles. The molecule has 2 N–H and O–H groups in total. The van der Waals surface area contributed by atoms with Gasteiger partial charge in [0, 0.05) is 25.4 Å². The van der Waals surface area contributed by atoms with Gasteiger partial charge in [0.25, 0.3) is 0 Å². The zero-order chi connectivity index (χ0) is 13.5. The number of nitrogens with one attached hydrogen (secondary N) is 1. The summed E-state index contributed by atoms with van der Waals surface area (Å²) in [5.41, 5.74) is 0.944. The first-order chi connectivity index (χ1) is 8.52. The van der Waals surface area contributed by atoms with Crippen LogP contribution in [0.2, 0.25) is 0 Å². The van der Waals surface area contributed by atoms with Gasteiger partial charge in [-0.2, -0.15) is 0 Å². The van der Waals surface area contributed by atoms with E-state index in [1.54, 1.807) is 0 Å². The van der Waals surface area contributed by atoms with Crippen LogP contribution in [0.1, 0.15) is 31.9 Å². The summed E-state index contributed by atoms with van der Waals surface area (Å²) in [6, 6.07) is 1.86. The smallest absolute Gasteiger partial charge is 0.306 e. The highest BCUT2D eigenvalue weighted by Gasteiger charge is 2.12. The van der Waals surface area contributed by atoms with Gasteiger partial charge in [0.1, 0.15) is 12.1 Å². The van der Waals surface area contributed by atoms with E-state index in [0.717, 1.165) is 5.69 Å². The molecule has 0 aliphatic heterocycles. The molecule has 0 aliphatic rings. The van der Waals surface area contributed by atoms with Crippen molar-refractivity contribution in [3.8, 4) is 0 Å². The number of rotatable bonds is 7. The maximum Gasteiger partial charge on any atom is 0.306 e. The Morgan fingerprint density at radius 3 is 2.78 bits per heavy atom. The van der Waals surface area contributed by atoms with Crippen molar-refractivity contribution >= 4 is 11.8 Å². The fourth-order valence-electron chi connectivity index (χ4n) is 1.44. The molecule has 0 radical (unpaired) electrons. The second-order valence-corrected chi connectivity index (χ2v) is 4.32. The highest BCUT2D eigenvalue weighted by atomic mass is 16.5. The van der Waals surface area contributed by atoms with E-state index in [2.05, 4.69) is 29.1 Å². The molecule has 1 aromatic heterocycles. The Morgan fingerprint density at radius 1 is 1.50 bits per heavy atom. The maximum absolute atomic E-state index is 10.6. The fraction of sp³-hybridized carbons (Fsp3) is 0.583. The predicted octanol–water partition coefficient (Wildman–Crippen LogP) is 1.50. The highest BCUT2D eigenvalue weighted by molar-refractivity contribution is 5.67. The van der Waals surface area contributed by atoms with E-state index in [1.165, 1.54) is 13.4 Å². The predicted molar refractivity (Wildman–Crippen MR) is 67.7 cm³/mol. The standard InChI is InChI=1S/C12H19N3O3/c1-8(2)10-5-11(15-7-14-10)13-6-9(18-3)4-12(16)17/h5,7-9H,4,6H2,1-3H3,(H,16,17)(H,13,14,15). The summed E-state index contributed by atoms with van der Waals surface area (Å²) in [6.45, 7) is 4.50. The largest absolute Gasteiger partial charge is 0.481 e. The number of hydrogen-bond donors (Lipinski definition) is 2. The van der Waals surface area contributed by atoms with Crippen molar-refractivity contribution in [1.82, 2.24) is 9.97 Å². The number of ether oxygens (including phenoxy) is 1. The maximum atomic E-state index is 10.6. The number of carbonyl (C=O) groups is 1. The van der Waals surface area contributed by atoms with Gasteiger partial charge < -0.3 is 15.2 Å². The molecule has 0 amide bonds. The summed E-state index contributed by atoms with van der Waals surface area (Å²) < 4.78 is 5.07. The zero-order valence-electron chi connectivity index (χ0n) is 10.9. The van der Waals surface area contributed by atoms with E-state index in [-0.39, 0.29) is 12.5 Å². The van der Waals surface area contributed by atoms with Crippen LogP contribution in [0.3, 0.4) is 0 Å². The summed E-state index contributed by atoms with van der Waals surface area (Å²) >= 11 is 0. The van der Waals surface area contributed by atoms with E-state index >= 15 is 0 Å². The molecule has 6 heteroatoms. The Morgan fingerprint density at radius 2 is 2.22 bits per heavy atom. The van der Waals surface area contributed by atoms with Crippen LogP contribution in [-0.4, -0.2) is 40.8 Å². The number of anilines is 1.